The molecule has 5 rings (SSSR count). The molecule has 28 heavy (non-hydrogen) atoms. The molecule has 2 N–H and O–H groups in total. The van der Waals surface area contributed by atoms with Gasteiger partial charge in [-0.15, -0.1) is 11.3 Å². The van der Waals surface area contributed by atoms with Crippen LogP contribution >= 0.6 is 11.3 Å². The van der Waals surface area contributed by atoms with Gasteiger partial charge in [0.15, 0.2) is 0 Å². The van der Waals surface area contributed by atoms with E-state index >= 15 is 0 Å². The van der Waals surface area contributed by atoms with E-state index < -0.39 is 0 Å². The summed E-state index contributed by atoms with van der Waals surface area (Å²) < 4.78 is 5.93. The lowest BCUT2D eigenvalue weighted by atomic mass is 9.88. The summed E-state index contributed by atoms with van der Waals surface area (Å²) in [6.07, 6.45) is 2.93. The van der Waals surface area contributed by atoms with Gasteiger partial charge < -0.3 is 15.4 Å². The summed E-state index contributed by atoms with van der Waals surface area (Å²) in [5.74, 6) is 1.53. The number of fused-ring (bicyclic) bond motifs is 4. The number of rotatable bonds is 3. The molecule has 2 heterocycles. The van der Waals surface area contributed by atoms with Gasteiger partial charge >= 0.3 is 0 Å². The van der Waals surface area contributed by atoms with Crippen molar-refractivity contribution in [2.75, 3.05) is 11.9 Å². The first-order valence-electron chi connectivity index (χ1n) is 10.0. The number of anilines is 1. The van der Waals surface area contributed by atoms with Crippen LogP contribution in [0.25, 0.3) is 10.8 Å². The quantitative estimate of drug-likeness (QED) is 0.638. The number of benzene rings is 2. The normalized spacial score (nSPS) is 20.9. The van der Waals surface area contributed by atoms with Gasteiger partial charge in [0, 0.05) is 10.4 Å². The molecule has 2 aliphatic rings. The molecular weight excluding hydrogens is 368 g/mol. The number of amides is 1. The third-order valence-electron chi connectivity index (χ3n) is 5.81. The Labute approximate surface area is 168 Å². The monoisotopic (exact) mass is 392 g/mol. The third kappa shape index (κ3) is 2.76. The second-order valence-electron chi connectivity index (χ2n) is 7.74. The summed E-state index contributed by atoms with van der Waals surface area (Å²) in [5.41, 5.74) is 3.12. The average Bonchev–Trinajstić information content (AvgIpc) is 3.05. The van der Waals surface area contributed by atoms with Gasteiger partial charge in [-0.25, -0.2) is 0 Å². The van der Waals surface area contributed by atoms with Crippen LogP contribution in [-0.4, -0.2) is 12.5 Å². The summed E-state index contributed by atoms with van der Waals surface area (Å²) in [5, 5.41) is 10.1. The fraction of sp³-hybridized carbons (Fsp3) is 0.348. The zero-order valence-electron chi connectivity index (χ0n) is 16.2. The molecule has 0 saturated carbocycles. The Morgan fingerprint density at radius 2 is 2.04 bits per heavy atom. The van der Waals surface area contributed by atoms with E-state index in [1.54, 1.807) is 11.3 Å². The van der Waals surface area contributed by atoms with Crippen LogP contribution in [0.4, 0.5) is 5.00 Å². The zero-order chi connectivity index (χ0) is 19.3. The molecular formula is C23H24N2O2S. The Kier molecular flexibility index (Phi) is 4.27. The number of thiophene rings is 1. The van der Waals surface area contributed by atoms with E-state index in [1.165, 1.54) is 10.4 Å². The molecule has 144 valence electrons. The van der Waals surface area contributed by atoms with Gasteiger partial charge in [-0.1, -0.05) is 37.3 Å². The maximum atomic E-state index is 13.1. The van der Waals surface area contributed by atoms with Crippen molar-refractivity contribution >= 4 is 33.0 Å². The van der Waals surface area contributed by atoms with E-state index in [1.807, 2.05) is 25.1 Å². The molecule has 2 aromatic carbocycles. The van der Waals surface area contributed by atoms with Crippen LogP contribution in [-0.2, 0) is 12.8 Å². The molecule has 0 radical (unpaired) electrons. The lowest BCUT2D eigenvalue weighted by Gasteiger charge is -2.29. The molecule has 0 spiro atoms. The lowest BCUT2D eigenvalue weighted by molar-refractivity contribution is 0.0935. The fourth-order valence-corrected chi connectivity index (χ4v) is 5.90. The van der Waals surface area contributed by atoms with Gasteiger partial charge in [-0.3, -0.25) is 4.79 Å². The lowest BCUT2D eigenvalue weighted by Crippen LogP contribution is -2.38. The molecule has 1 amide bonds. The van der Waals surface area contributed by atoms with Crippen molar-refractivity contribution in [1.82, 2.24) is 5.32 Å². The summed E-state index contributed by atoms with van der Waals surface area (Å²) in [6.45, 7) is 4.86. The second kappa shape index (κ2) is 6.82. The second-order valence-corrected chi connectivity index (χ2v) is 8.84. The van der Waals surface area contributed by atoms with Gasteiger partial charge in [0.1, 0.15) is 16.9 Å². The molecule has 2 atom stereocenters. The highest BCUT2D eigenvalue weighted by molar-refractivity contribution is 7.16. The predicted octanol–water partition coefficient (Wildman–Crippen LogP) is 5.28. The first-order valence-corrected chi connectivity index (χ1v) is 10.8. The van der Waals surface area contributed by atoms with Gasteiger partial charge in [-0.05, 0) is 54.5 Å². The van der Waals surface area contributed by atoms with Crippen LogP contribution in [0.5, 0.6) is 5.75 Å². The molecule has 0 bridgehead atoms. The van der Waals surface area contributed by atoms with E-state index in [0.29, 0.717) is 12.5 Å². The van der Waals surface area contributed by atoms with Crippen molar-refractivity contribution in [1.29, 1.82) is 0 Å². The largest absolute Gasteiger partial charge is 0.493 e. The highest BCUT2D eigenvalue weighted by Crippen LogP contribution is 2.44. The fourth-order valence-electron chi connectivity index (χ4n) is 4.46. The van der Waals surface area contributed by atoms with Gasteiger partial charge in [0.25, 0.3) is 5.91 Å². The number of carbonyl (C=O) groups is 1. The average molecular weight is 393 g/mol. The molecule has 0 unspecified atom stereocenters. The first kappa shape index (κ1) is 17.6. The molecule has 1 aliphatic carbocycles. The SMILES string of the molecule is CCOc1ccc2ccccc2c1[C@@H]1NC(=O)c2c(sc3c2CC[C@@H](C)C3)N1. The maximum absolute atomic E-state index is 13.1. The van der Waals surface area contributed by atoms with Crippen molar-refractivity contribution in [3.63, 3.8) is 0 Å². The molecule has 1 aromatic heterocycles. The summed E-state index contributed by atoms with van der Waals surface area (Å²) in [6, 6.07) is 12.3. The van der Waals surface area contributed by atoms with Gasteiger partial charge in [-0.2, -0.15) is 0 Å². The molecule has 4 nitrogen and oxygen atoms in total. The van der Waals surface area contributed by atoms with Crippen LogP contribution in [0.2, 0.25) is 0 Å². The Morgan fingerprint density at radius 3 is 2.89 bits per heavy atom. The van der Waals surface area contributed by atoms with Crippen LogP contribution < -0.4 is 15.4 Å². The highest BCUT2D eigenvalue weighted by atomic mass is 32.1. The topological polar surface area (TPSA) is 50.4 Å². The van der Waals surface area contributed by atoms with Crippen molar-refractivity contribution in [2.24, 2.45) is 5.92 Å². The molecule has 5 heteroatoms. The number of hydrogen-bond acceptors (Lipinski definition) is 4. The number of nitrogens with one attached hydrogen (secondary N) is 2. The van der Waals surface area contributed by atoms with E-state index in [4.69, 9.17) is 4.74 Å². The summed E-state index contributed by atoms with van der Waals surface area (Å²) >= 11 is 1.76. The molecule has 0 saturated heterocycles. The molecule has 3 aromatic rings. The highest BCUT2D eigenvalue weighted by Gasteiger charge is 2.34. The smallest absolute Gasteiger partial charge is 0.256 e. The first-order chi connectivity index (χ1) is 13.7. The predicted molar refractivity (Wildman–Crippen MR) is 114 cm³/mol. The van der Waals surface area contributed by atoms with Crippen LogP contribution in [0.15, 0.2) is 36.4 Å². The van der Waals surface area contributed by atoms with E-state index in [2.05, 4.69) is 35.8 Å². The van der Waals surface area contributed by atoms with Gasteiger partial charge in [0.05, 0.1) is 12.2 Å². The minimum absolute atomic E-state index is 0.0289. The maximum Gasteiger partial charge on any atom is 0.256 e. The van der Waals surface area contributed by atoms with Gasteiger partial charge in [0.2, 0.25) is 0 Å². The Bertz CT molecular complexity index is 1070. The Morgan fingerprint density at radius 1 is 1.18 bits per heavy atom. The minimum atomic E-state index is -0.301. The molecule has 1 aliphatic heterocycles. The van der Waals surface area contributed by atoms with E-state index in [-0.39, 0.29) is 12.1 Å². The minimum Gasteiger partial charge on any atom is -0.493 e. The molecule has 0 fully saturated rings. The van der Waals surface area contributed by atoms with Crippen LogP contribution in [0, 0.1) is 5.92 Å². The Balaban J connectivity index is 1.61. The standard InChI is InChI=1S/C23H24N2O2S/c1-3-27-17-11-9-14-6-4-5-7-15(14)19(17)21-24-22(26)20-16-10-8-13(2)12-18(16)28-23(20)25-21/h4-7,9,11,13,21,25H,3,8,10,12H2,1-2H3,(H,24,26)/t13-,21-/m1/s1. The van der Waals surface area contributed by atoms with Crippen LogP contribution in [0.1, 0.15) is 52.8 Å². The van der Waals surface area contributed by atoms with Crippen LogP contribution in [0.3, 0.4) is 0 Å². The van der Waals surface area contributed by atoms with Crippen molar-refractivity contribution < 1.29 is 9.53 Å². The Hall–Kier alpha value is -2.53. The summed E-state index contributed by atoms with van der Waals surface area (Å²) in [4.78, 5) is 14.5. The number of ether oxygens (including phenoxy) is 1. The van der Waals surface area contributed by atoms with Crippen molar-refractivity contribution in [2.45, 2.75) is 39.3 Å². The zero-order valence-corrected chi connectivity index (χ0v) is 17.0. The van der Waals surface area contributed by atoms with Crippen molar-refractivity contribution in [3.05, 3.63) is 58.0 Å². The summed E-state index contributed by atoms with van der Waals surface area (Å²) in [7, 11) is 0. The van der Waals surface area contributed by atoms with E-state index in [9.17, 15) is 4.79 Å². The third-order valence-corrected chi connectivity index (χ3v) is 6.99. The number of carbonyl (C=O) groups excluding carboxylic acids is 1. The van der Waals surface area contributed by atoms with Crippen molar-refractivity contribution in [3.8, 4) is 5.75 Å². The number of hydrogen-bond donors (Lipinski definition) is 2. The van der Waals surface area contributed by atoms with E-state index in [0.717, 1.165) is 51.9 Å².